The van der Waals surface area contributed by atoms with Gasteiger partial charge in [-0.2, -0.15) is 0 Å². The molecule has 0 aliphatic carbocycles. The van der Waals surface area contributed by atoms with Gasteiger partial charge in [0.2, 0.25) is 0 Å². The Morgan fingerprint density at radius 3 is 2.53 bits per heavy atom. The quantitative estimate of drug-likeness (QED) is 0.887. The van der Waals surface area contributed by atoms with Crippen LogP contribution in [0.15, 0.2) is 53.0 Å². The number of hydrogen-bond acceptors (Lipinski definition) is 2. The molecule has 4 heteroatoms. The summed E-state index contributed by atoms with van der Waals surface area (Å²) in [6.45, 7) is 1.38. The van der Waals surface area contributed by atoms with Gasteiger partial charge in [-0.1, -0.05) is 46.3 Å². The van der Waals surface area contributed by atoms with Gasteiger partial charge in [0.1, 0.15) is 0 Å². The Morgan fingerprint density at radius 2 is 1.84 bits per heavy atom. The molecule has 0 radical (unpaired) electrons. The van der Waals surface area contributed by atoms with E-state index in [1.165, 1.54) is 5.56 Å². The Kier molecular flexibility index (Phi) is 4.71. The number of carbonyl (C=O) groups is 1. The van der Waals surface area contributed by atoms with E-state index in [-0.39, 0.29) is 0 Å². The summed E-state index contributed by atoms with van der Waals surface area (Å²) in [5.41, 5.74) is 2.45. The number of rotatable bonds is 5. The molecule has 0 aliphatic rings. The molecule has 2 aromatic rings. The van der Waals surface area contributed by atoms with E-state index < -0.39 is 5.97 Å². The molecule has 0 aliphatic heterocycles. The van der Waals surface area contributed by atoms with Gasteiger partial charge >= 0.3 is 5.97 Å². The third kappa shape index (κ3) is 3.91. The third-order valence-electron chi connectivity index (χ3n) is 2.78. The molecule has 0 heterocycles. The molecule has 98 valence electrons. The molecule has 0 spiro atoms. The number of hydrogen-bond donors (Lipinski definition) is 2. The van der Waals surface area contributed by atoms with Crippen molar-refractivity contribution in [2.24, 2.45) is 0 Å². The normalized spacial score (nSPS) is 10.4. The first-order valence-corrected chi connectivity index (χ1v) is 6.72. The molecular weight excluding hydrogens is 306 g/mol. The molecule has 19 heavy (non-hydrogen) atoms. The topological polar surface area (TPSA) is 49.3 Å². The molecule has 0 aromatic heterocycles. The molecule has 0 bridgehead atoms. The standard InChI is InChI=1S/C15H14BrNO2/c16-14-7-6-12(15(18)19)8-13(14)10-17-9-11-4-2-1-3-5-11/h1-8,17H,9-10H2,(H,18,19). The van der Waals surface area contributed by atoms with Crippen LogP contribution in [0.2, 0.25) is 0 Å². The van der Waals surface area contributed by atoms with Crippen LogP contribution in [0.3, 0.4) is 0 Å². The predicted molar refractivity (Wildman–Crippen MR) is 78.1 cm³/mol. The lowest BCUT2D eigenvalue weighted by Crippen LogP contribution is -2.13. The maximum atomic E-state index is 10.9. The summed E-state index contributed by atoms with van der Waals surface area (Å²) >= 11 is 3.43. The van der Waals surface area contributed by atoms with Gasteiger partial charge in [-0.05, 0) is 29.3 Å². The minimum absolute atomic E-state index is 0.305. The second kappa shape index (κ2) is 6.50. The lowest BCUT2D eigenvalue weighted by Gasteiger charge is -2.08. The van der Waals surface area contributed by atoms with Gasteiger partial charge in [-0.3, -0.25) is 0 Å². The van der Waals surface area contributed by atoms with Gasteiger partial charge in [0.15, 0.2) is 0 Å². The van der Waals surface area contributed by atoms with Crippen molar-refractivity contribution in [1.82, 2.24) is 5.32 Å². The number of benzene rings is 2. The number of halogens is 1. The number of carboxylic acid groups (broad SMARTS) is 1. The Morgan fingerprint density at radius 1 is 1.11 bits per heavy atom. The zero-order valence-electron chi connectivity index (χ0n) is 10.3. The molecule has 3 nitrogen and oxygen atoms in total. The Labute approximate surface area is 120 Å². The van der Waals surface area contributed by atoms with Gasteiger partial charge in [0.05, 0.1) is 5.56 Å². The van der Waals surface area contributed by atoms with Crippen molar-refractivity contribution in [3.8, 4) is 0 Å². The van der Waals surface area contributed by atoms with Crippen LogP contribution in [-0.2, 0) is 13.1 Å². The molecule has 2 aromatic carbocycles. The van der Waals surface area contributed by atoms with Gasteiger partial charge < -0.3 is 10.4 Å². The Balaban J connectivity index is 1.99. The lowest BCUT2D eigenvalue weighted by molar-refractivity contribution is 0.0696. The summed E-state index contributed by atoms with van der Waals surface area (Å²) in [6.07, 6.45) is 0. The fourth-order valence-electron chi connectivity index (χ4n) is 1.78. The monoisotopic (exact) mass is 319 g/mol. The van der Waals surface area contributed by atoms with Gasteiger partial charge in [0, 0.05) is 17.6 Å². The third-order valence-corrected chi connectivity index (χ3v) is 3.55. The highest BCUT2D eigenvalue weighted by atomic mass is 79.9. The highest BCUT2D eigenvalue weighted by Gasteiger charge is 2.06. The van der Waals surface area contributed by atoms with Crippen LogP contribution >= 0.6 is 15.9 Å². The van der Waals surface area contributed by atoms with Crippen molar-refractivity contribution in [3.63, 3.8) is 0 Å². The maximum Gasteiger partial charge on any atom is 0.335 e. The highest BCUT2D eigenvalue weighted by molar-refractivity contribution is 9.10. The molecule has 0 fully saturated rings. The van der Waals surface area contributed by atoms with Crippen molar-refractivity contribution < 1.29 is 9.90 Å². The number of carboxylic acids is 1. The van der Waals surface area contributed by atoms with E-state index in [9.17, 15) is 4.79 Å². The highest BCUT2D eigenvalue weighted by Crippen LogP contribution is 2.18. The van der Waals surface area contributed by atoms with Crippen LogP contribution in [0, 0.1) is 0 Å². The molecule has 2 rings (SSSR count). The maximum absolute atomic E-state index is 10.9. The Hall–Kier alpha value is -1.65. The second-order valence-corrected chi connectivity index (χ2v) is 5.05. The predicted octanol–water partition coefficient (Wildman–Crippen LogP) is 3.44. The Bertz CT molecular complexity index is 570. The van der Waals surface area contributed by atoms with Crippen molar-refractivity contribution >= 4 is 21.9 Å². The van der Waals surface area contributed by atoms with E-state index in [4.69, 9.17) is 5.11 Å². The summed E-state index contributed by atoms with van der Waals surface area (Å²) in [5, 5.41) is 12.3. The summed E-state index contributed by atoms with van der Waals surface area (Å²) in [5.74, 6) is -0.906. The number of aromatic carboxylic acids is 1. The van der Waals surface area contributed by atoms with E-state index in [0.717, 1.165) is 16.6 Å². The van der Waals surface area contributed by atoms with Crippen LogP contribution in [-0.4, -0.2) is 11.1 Å². The first kappa shape index (κ1) is 13.8. The van der Waals surface area contributed by atoms with Crippen molar-refractivity contribution in [1.29, 1.82) is 0 Å². The van der Waals surface area contributed by atoms with Crippen LogP contribution in [0.4, 0.5) is 0 Å². The first-order valence-electron chi connectivity index (χ1n) is 5.93. The molecular formula is C15H14BrNO2. The minimum atomic E-state index is -0.906. The minimum Gasteiger partial charge on any atom is -0.478 e. The van der Waals surface area contributed by atoms with Gasteiger partial charge in [-0.15, -0.1) is 0 Å². The van der Waals surface area contributed by atoms with Gasteiger partial charge in [-0.25, -0.2) is 4.79 Å². The lowest BCUT2D eigenvalue weighted by atomic mass is 10.1. The second-order valence-electron chi connectivity index (χ2n) is 4.20. The van der Waals surface area contributed by atoms with E-state index in [0.29, 0.717) is 12.1 Å². The summed E-state index contributed by atoms with van der Waals surface area (Å²) < 4.78 is 0.915. The SMILES string of the molecule is O=C(O)c1ccc(Br)c(CNCc2ccccc2)c1. The average Bonchev–Trinajstić information content (AvgIpc) is 2.42. The smallest absolute Gasteiger partial charge is 0.335 e. The van der Waals surface area contributed by atoms with Gasteiger partial charge in [0.25, 0.3) is 0 Å². The molecule has 0 amide bonds. The summed E-state index contributed by atoms with van der Waals surface area (Å²) in [7, 11) is 0. The van der Waals surface area contributed by atoms with Crippen LogP contribution in [0.1, 0.15) is 21.5 Å². The fourth-order valence-corrected chi connectivity index (χ4v) is 2.17. The molecule has 2 N–H and O–H groups in total. The average molecular weight is 320 g/mol. The zero-order valence-corrected chi connectivity index (χ0v) is 11.9. The first-order chi connectivity index (χ1) is 9.16. The molecule has 0 unspecified atom stereocenters. The van der Waals surface area contributed by atoms with E-state index in [2.05, 4.69) is 33.4 Å². The molecule has 0 atom stereocenters. The van der Waals surface area contributed by atoms with Crippen LogP contribution in [0.25, 0.3) is 0 Å². The van der Waals surface area contributed by atoms with Crippen molar-refractivity contribution in [3.05, 3.63) is 69.7 Å². The van der Waals surface area contributed by atoms with E-state index >= 15 is 0 Å². The zero-order chi connectivity index (χ0) is 13.7. The molecule has 0 saturated carbocycles. The largest absolute Gasteiger partial charge is 0.478 e. The fraction of sp³-hybridized carbons (Fsp3) is 0.133. The van der Waals surface area contributed by atoms with E-state index in [1.807, 2.05) is 18.2 Å². The van der Waals surface area contributed by atoms with Crippen LogP contribution < -0.4 is 5.32 Å². The number of nitrogens with one attached hydrogen (secondary N) is 1. The summed E-state index contributed by atoms with van der Waals surface area (Å²) in [6, 6.07) is 15.1. The van der Waals surface area contributed by atoms with Crippen molar-refractivity contribution in [2.75, 3.05) is 0 Å². The van der Waals surface area contributed by atoms with Crippen molar-refractivity contribution in [2.45, 2.75) is 13.1 Å². The van der Waals surface area contributed by atoms with E-state index in [1.54, 1.807) is 18.2 Å². The van der Waals surface area contributed by atoms with Crippen LogP contribution in [0.5, 0.6) is 0 Å². The molecule has 0 saturated heterocycles. The summed E-state index contributed by atoms with van der Waals surface area (Å²) in [4.78, 5) is 10.9.